The second-order valence-corrected chi connectivity index (χ2v) is 8.91. The lowest BCUT2D eigenvalue weighted by Crippen LogP contribution is -2.31. The molecule has 3 heterocycles. The molecule has 0 atom stereocenters. The second-order valence-electron chi connectivity index (χ2n) is 6.49. The number of aromatic nitrogens is 2. The molecule has 0 spiro atoms. The first-order valence-electron chi connectivity index (χ1n) is 7.82. The first-order valence-corrected chi connectivity index (χ1v) is 10.0. The van der Waals surface area contributed by atoms with Crippen LogP contribution < -0.4 is 0 Å². The van der Waals surface area contributed by atoms with Crippen LogP contribution in [0.25, 0.3) is 10.2 Å². The molecule has 1 aromatic carbocycles. The van der Waals surface area contributed by atoms with Crippen LogP contribution in [-0.4, -0.2) is 15.6 Å². The minimum atomic E-state index is -0.149. The van der Waals surface area contributed by atoms with E-state index in [0.29, 0.717) is 11.6 Å². The van der Waals surface area contributed by atoms with Gasteiger partial charge in [0.05, 0.1) is 12.2 Å². The molecule has 24 heavy (non-hydrogen) atoms. The Balaban J connectivity index is 1.66. The molecule has 3 nitrogen and oxygen atoms in total. The number of thiophene rings is 1. The van der Waals surface area contributed by atoms with E-state index in [1.165, 1.54) is 16.0 Å². The molecule has 0 saturated heterocycles. The van der Waals surface area contributed by atoms with Gasteiger partial charge >= 0.3 is 0 Å². The second kappa shape index (κ2) is 6.26. The van der Waals surface area contributed by atoms with Gasteiger partial charge in [-0.2, -0.15) is 0 Å². The van der Waals surface area contributed by atoms with Crippen molar-refractivity contribution in [3.63, 3.8) is 0 Å². The average Bonchev–Trinajstić information content (AvgIpc) is 2.91. The summed E-state index contributed by atoms with van der Waals surface area (Å²) < 4.78 is 5.92. The Morgan fingerprint density at radius 3 is 2.83 bits per heavy atom. The van der Waals surface area contributed by atoms with Crippen molar-refractivity contribution >= 4 is 45.9 Å². The van der Waals surface area contributed by atoms with Gasteiger partial charge in [-0.25, -0.2) is 4.98 Å². The highest BCUT2D eigenvalue weighted by molar-refractivity contribution is 7.98. The molecule has 0 unspecified atom stereocenters. The highest BCUT2D eigenvalue weighted by Crippen LogP contribution is 2.40. The maximum Gasteiger partial charge on any atom is 0.187 e. The Morgan fingerprint density at radius 2 is 2.04 bits per heavy atom. The standard InChI is InChI=1S/C18H18N2OS3/c1-18(2)8-12-13(9-21-18)24-16-14(12)15(22)19-17(20-16)23-10-11-6-4-3-5-7-11/h3-7H,8-10H2,1-2H3,(H,19,20,22)/p-1. The first kappa shape index (κ1) is 16.3. The number of benzene rings is 1. The zero-order chi connectivity index (χ0) is 16.7. The summed E-state index contributed by atoms with van der Waals surface area (Å²) >= 11 is 8.92. The Kier molecular flexibility index (Phi) is 4.24. The Morgan fingerprint density at radius 1 is 1.25 bits per heavy atom. The summed E-state index contributed by atoms with van der Waals surface area (Å²) in [5, 5.41) is 2.49. The van der Waals surface area contributed by atoms with E-state index in [4.69, 9.17) is 22.3 Å². The molecule has 124 valence electrons. The monoisotopic (exact) mass is 373 g/mol. The van der Waals surface area contributed by atoms with Gasteiger partial charge in [-0.3, -0.25) is 4.98 Å². The van der Waals surface area contributed by atoms with E-state index in [2.05, 4.69) is 31.0 Å². The van der Waals surface area contributed by atoms with Crippen LogP contribution in [0.15, 0.2) is 40.5 Å². The number of fused-ring (bicyclic) bond motifs is 3. The number of ether oxygens (including phenoxy) is 1. The molecule has 0 fully saturated rings. The Labute approximate surface area is 155 Å². The van der Waals surface area contributed by atoms with Gasteiger partial charge in [0.25, 0.3) is 0 Å². The van der Waals surface area contributed by atoms with Gasteiger partial charge in [-0.1, -0.05) is 47.1 Å². The van der Waals surface area contributed by atoms with Crippen molar-refractivity contribution in [1.82, 2.24) is 9.97 Å². The third-order valence-corrected chi connectivity index (χ3v) is 6.40. The summed E-state index contributed by atoms with van der Waals surface area (Å²) in [6, 6.07) is 10.4. The van der Waals surface area contributed by atoms with Crippen LogP contribution >= 0.6 is 23.1 Å². The lowest BCUT2D eigenvalue weighted by atomic mass is 9.95. The van der Waals surface area contributed by atoms with Crippen molar-refractivity contribution < 1.29 is 4.74 Å². The molecular weight excluding hydrogens is 356 g/mol. The Hall–Kier alpha value is -1.21. The number of hydrogen-bond donors (Lipinski definition) is 0. The fourth-order valence-electron chi connectivity index (χ4n) is 2.88. The van der Waals surface area contributed by atoms with Crippen LogP contribution in [-0.2, 0) is 36.1 Å². The molecule has 0 N–H and O–H groups in total. The van der Waals surface area contributed by atoms with Crippen molar-refractivity contribution in [2.24, 2.45) is 0 Å². The fraction of sp³-hybridized carbons (Fsp3) is 0.333. The molecule has 0 radical (unpaired) electrons. The largest absolute Gasteiger partial charge is 0.759 e. The molecule has 3 aromatic rings. The van der Waals surface area contributed by atoms with E-state index >= 15 is 0 Å². The van der Waals surface area contributed by atoms with Gasteiger partial charge in [0.15, 0.2) is 5.16 Å². The van der Waals surface area contributed by atoms with Crippen molar-refractivity contribution in [3.05, 3.63) is 46.3 Å². The van der Waals surface area contributed by atoms with Crippen molar-refractivity contribution in [3.8, 4) is 0 Å². The fourth-order valence-corrected chi connectivity index (χ4v) is 5.27. The summed E-state index contributed by atoms with van der Waals surface area (Å²) in [5.74, 6) is 0.850. The van der Waals surface area contributed by atoms with Crippen LogP contribution in [0.4, 0.5) is 0 Å². The van der Waals surface area contributed by atoms with Crippen LogP contribution in [0, 0.1) is 0 Å². The average molecular weight is 374 g/mol. The number of nitrogens with zero attached hydrogens (tertiary/aromatic N) is 2. The van der Waals surface area contributed by atoms with Crippen LogP contribution in [0.5, 0.6) is 0 Å². The van der Waals surface area contributed by atoms with Gasteiger partial charge in [-0.05, 0) is 25.0 Å². The zero-order valence-electron chi connectivity index (χ0n) is 13.5. The summed E-state index contributed by atoms with van der Waals surface area (Å²) in [7, 11) is 0. The van der Waals surface area contributed by atoms with E-state index in [0.717, 1.165) is 27.5 Å². The van der Waals surface area contributed by atoms with Crippen LogP contribution in [0.2, 0.25) is 0 Å². The van der Waals surface area contributed by atoms with Gasteiger partial charge in [0.2, 0.25) is 0 Å². The summed E-state index contributed by atoms with van der Waals surface area (Å²) in [6.07, 6.45) is 0.867. The van der Waals surface area contributed by atoms with Gasteiger partial charge in [0.1, 0.15) is 4.83 Å². The summed E-state index contributed by atoms with van der Waals surface area (Å²) in [4.78, 5) is 11.6. The van der Waals surface area contributed by atoms with Crippen LogP contribution in [0.3, 0.4) is 0 Å². The van der Waals surface area contributed by atoms with Crippen molar-refractivity contribution in [2.45, 2.75) is 48.4 Å². The maximum absolute atomic E-state index is 5.92. The molecule has 2 aromatic heterocycles. The molecule has 0 bridgehead atoms. The number of thioether (sulfide) groups is 1. The maximum atomic E-state index is 5.92. The smallest absolute Gasteiger partial charge is 0.187 e. The van der Waals surface area contributed by atoms with E-state index in [1.54, 1.807) is 23.1 Å². The topological polar surface area (TPSA) is 35.0 Å². The lowest BCUT2D eigenvalue weighted by molar-refractivity contribution is -0.0379. The quantitative estimate of drug-likeness (QED) is 0.287. The minimum Gasteiger partial charge on any atom is -0.759 e. The third kappa shape index (κ3) is 3.16. The SMILES string of the molecule is CC1(C)Cc2c(sc3nc(SCc4ccccc4)nc([S-])c23)CO1. The van der Waals surface area contributed by atoms with Gasteiger partial charge < -0.3 is 17.4 Å². The van der Waals surface area contributed by atoms with E-state index in [9.17, 15) is 0 Å². The summed E-state index contributed by atoms with van der Waals surface area (Å²) in [5.41, 5.74) is 2.40. The Bertz CT molecular complexity index is 890. The van der Waals surface area contributed by atoms with Gasteiger partial charge in [-0.15, -0.1) is 11.3 Å². The van der Waals surface area contributed by atoms with Crippen molar-refractivity contribution in [2.75, 3.05) is 0 Å². The zero-order valence-corrected chi connectivity index (χ0v) is 16.0. The molecule has 1 aliphatic heterocycles. The molecular formula is C18H17N2OS3-. The predicted molar refractivity (Wildman–Crippen MR) is 102 cm³/mol. The van der Waals surface area contributed by atoms with E-state index in [-0.39, 0.29) is 5.60 Å². The minimum absolute atomic E-state index is 0.149. The van der Waals surface area contributed by atoms with Crippen molar-refractivity contribution in [1.29, 1.82) is 0 Å². The van der Waals surface area contributed by atoms with Crippen LogP contribution in [0.1, 0.15) is 29.9 Å². The highest BCUT2D eigenvalue weighted by atomic mass is 32.2. The molecule has 0 aliphatic carbocycles. The molecule has 1 aliphatic rings. The predicted octanol–water partition coefficient (Wildman–Crippen LogP) is 4.74. The first-order chi connectivity index (χ1) is 11.5. The number of rotatable bonds is 3. The molecule has 0 saturated carbocycles. The number of hydrogen-bond acceptors (Lipinski definition) is 6. The third-order valence-electron chi connectivity index (χ3n) is 4.09. The molecule has 4 rings (SSSR count). The van der Waals surface area contributed by atoms with E-state index in [1.807, 2.05) is 18.2 Å². The normalized spacial score (nSPS) is 16.2. The van der Waals surface area contributed by atoms with E-state index < -0.39 is 0 Å². The summed E-state index contributed by atoms with van der Waals surface area (Å²) in [6.45, 7) is 4.88. The lowest BCUT2D eigenvalue weighted by Gasteiger charge is -2.30. The van der Waals surface area contributed by atoms with Gasteiger partial charge in [0, 0.05) is 22.4 Å². The molecule has 0 amide bonds. The molecule has 6 heteroatoms. The highest BCUT2D eigenvalue weighted by Gasteiger charge is 2.29.